The van der Waals surface area contributed by atoms with Crippen LogP contribution in [0.15, 0.2) is 108 Å². The van der Waals surface area contributed by atoms with Crippen LogP contribution in [0.25, 0.3) is 0 Å². The van der Waals surface area contributed by atoms with Crippen LogP contribution in [0.4, 0.5) is 18.9 Å². The summed E-state index contributed by atoms with van der Waals surface area (Å²) in [5.41, 5.74) is 2.64. The van der Waals surface area contributed by atoms with Gasteiger partial charge in [-0.05, 0) is 59.2 Å². The van der Waals surface area contributed by atoms with Crippen molar-refractivity contribution < 1.29 is 22.6 Å². The predicted molar refractivity (Wildman–Crippen MR) is 162 cm³/mol. The van der Waals surface area contributed by atoms with Crippen molar-refractivity contribution in [2.24, 2.45) is 4.99 Å². The van der Waals surface area contributed by atoms with Gasteiger partial charge in [0.1, 0.15) is 11.5 Å². The van der Waals surface area contributed by atoms with E-state index < -0.39 is 11.7 Å². The molecule has 0 radical (unpaired) electrons. The first kappa shape index (κ1) is 31.1. The van der Waals surface area contributed by atoms with E-state index in [0.717, 1.165) is 40.3 Å². The zero-order valence-electron chi connectivity index (χ0n) is 22.1. The monoisotopic (exact) mass is 630 g/mol. The Morgan fingerprint density at radius 2 is 1.27 bits per heavy atom. The van der Waals surface area contributed by atoms with Gasteiger partial charge in [-0.3, -0.25) is 0 Å². The van der Waals surface area contributed by atoms with Gasteiger partial charge in [0, 0.05) is 18.8 Å². The van der Waals surface area contributed by atoms with E-state index in [1.165, 1.54) is 17.8 Å². The summed E-state index contributed by atoms with van der Waals surface area (Å²) in [6.45, 7) is 0.991. The fourth-order valence-electron chi connectivity index (χ4n) is 3.87. The molecular weight excluding hydrogens is 601 g/mol. The van der Waals surface area contributed by atoms with Gasteiger partial charge in [-0.15, -0.1) is 17.0 Å². The second-order valence-corrected chi connectivity index (χ2v) is 9.71. The molecular formula is C31H30BrF3N2O2S. The summed E-state index contributed by atoms with van der Waals surface area (Å²) in [7, 11) is 3.23. The molecule has 0 heterocycles. The number of amidine groups is 1. The summed E-state index contributed by atoms with van der Waals surface area (Å²) < 4.78 is 50.9. The number of halogens is 4. The van der Waals surface area contributed by atoms with Crippen molar-refractivity contribution in [1.82, 2.24) is 4.90 Å². The third-order valence-electron chi connectivity index (χ3n) is 5.94. The van der Waals surface area contributed by atoms with Crippen LogP contribution in [0.3, 0.4) is 0 Å². The predicted octanol–water partition coefficient (Wildman–Crippen LogP) is 8.92. The van der Waals surface area contributed by atoms with Gasteiger partial charge in [0.15, 0.2) is 5.17 Å². The first-order chi connectivity index (χ1) is 18.8. The van der Waals surface area contributed by atoms with E-state index in [-0.39, 0.29) is 22.7 Å². The summed E-state index contributed by atoms with van der Waals surface area (Å²) in [5.74, 6) is 2.11. The number of ether oxygens (including phenoxy) is 2. The van der Waals surface area contributed by atoms with Crippen molar-refractivity contribution in [2.75, 3.05) is 14.2 Å². The maximum atomic E-state index is 13.4. The van der Waals surface area contributed by atoms with Crippen molar-refractivity contribution in [1.29, 1.82) is 0 Å². The third-order valence-corrected chi connectivity index (χ3v) is 7.03. The molecule has 0 aromatic heterocycles. The molecule has 0 fully saturated rings. The number of nitrogens with zero attached hydrogens (tertiary/aromatic N) is 2. The van der Waals surface area contributed by atoms with Crippen molar-refractivity contribution in [3.63, 3.8) is 0 Å². The van der Waals surface area contributed by atoms with Crippen LogP contribution in [0.1, 0.15) is 22.3 Å². The fraction of sp³-hybridized carbons (Fsp3) is 0.194. The molecule has 0 aliphatic rings. The molecule has 40 heavy (non-hydrogen) atoms. The minimum atomic E-state index is -4.45. The molecule has 0 N–H and O–H groups in total. The maximum Gasteiger partial charge on any atom is 0.416 e. The molecule has 0 aliphatic heterocycles. The Bertz CT molecular complexity index is 1320. The number of hydrogen-bond donors (Lipinski definition) is 0. The van der Waals surface area contributed by atoms with E-state index >= 15 is 0 Å². The minimum absolute atomic E-state index is 0. The highest BCUT2D eigenvalue weighted by atomic mass is 79.9. The highest BCUT2D eigenvalue weighted by Gasteiger charge is 2.30. The lowest BCUT2D eigenvalue weighted by atomic mass is 10.1. The second kappa shape index (κ2) is 14.8. The Labute approximate surface area is 247 Å². The second-order valence-electron chi connectivity index (χ2n) is 8.77. The van der Waals surface area contributed by atoms with Crippen LogP contribution in [0.2, 0.25) is 0 Å². The van der Waals surface area contributed by atoms with Crippen molar-refractivity contribution in [2.45, 2.75) is 25.0 Å². The van der Waals surface area contributed by atoms with Crippen LogP contribution in [0, 0.1) is 0 Å². The maximum absolute atomic E-state index is 13.4. The smallest absolute Gasteiger partial charge is 0.416 e. The lowest BCUT2D eigenvalue weighted by Crippen LogP contribution is -2.28. The molecule has 0 bridgehead atoms. The molecule has 4 rings (SSSR count). The van der Waals surface area contributed by atoms with E-state index in [4.69, 9.17) is 14.5 Å². The summed E-state index contributed by atoms with van der Waals surface area (Å²) >= 11 is 1.49. The number of aliphatic imine (C=N–C) groups is 1. The molecule has 4 aromatic rings. The minimum Gasteiger partial charge on any atom is -0.497 e. The molecule has 0 unspecified atom stereocenters. The molecule has 0 saturated heterocycles. The zero-order chi connectivity index (χ0) is 27.7. The lowest BCUT2D eigenvalue weighted by Gasteiger charge is -2.26. The summed E-state index contributed by atoms with van der Waals surface area (Å²) in [4.78, 5) is 6.84. The molecule has 0 saturated carbocycles. The van der Waals surface area contributed by atoms with Crippen LogP contribution >= 0.6 is 28.7 Å². The molecule has 4 aromatic carbocycles. The molecule has 0 aliphatic carbocycles. The Kier molecular flexibility index (Phi) is 11.5. The molecule has 9 heteroatoms. The van der Waals surface area contributed by atoms with E-state index in [0.29, 0.717) is 24.0 Å². The highest BCUT2D eigenvalue weighted by Crippen LogP contribution is 2.32. The fourth-order valence-corrected chi connectivity index (χ4v) is 4.84. The Morgan fingerprint density at radius 3 is 1.77 bits per heavy atom. The summed E-state index contributed by atoms with van der Waals surface area (Å²) in [6.07, 6.45) is -4.45. The van der Waals surface area contributed by atoms with Gasteiger partial charge in [-0.25, -0.2) is 4.99 Å². The number of hydrogen-bond acceptors (Lipinski definition) is 4. The van der Waals surface area contributed by atoms with Crippen molar-refractivity contribution in [3.05, 3.63) is 125 Å². The Hall–Kier alpha value is -3.43. The van der Waals surface area contributed by atoms with Gasteiger partial charge in [0.2, 0.25) is 0 Å². The van der Waals surface area contributed by atoms with E-state index in [2.05, 4.69) is 4.90 Å². The van der Waals surface area contributed by atoms with Crippen molar-refractivity contribution in [3.8, 4) is 11.5 Å². The van der Waals surface area contributed by atoms with Crippen LogP contribution in [-0.2, 0) is 25.0 Å². The zero-order valence-corrected chi connectivity index (χ0v) is 24.6. The van der Waals surface area contributed by atoms with E-state index in [1.807, 2.05) is 78.9 Å². The number of alkyl halides is 3. The van der Waals surface area contributed by atoms with Gasteiger partial charge in [0.05, 0.1) is 25.5 Å². The van der Waals surface area contributed by atoms with E-state index in [9.17, 15) is 13.2 Å². The van der Waals surface area contributed by atoms with Gasteiger partial charge in [-0.2, -0.15) is 13.2 Å². The van der Waals surface area contributed by atoms with Crippen LogP contribution in [-0.4, -0.2) is 24.3 Å². The number of benzene rings is 4. The number of rotatable bonds is 9. The molecule has 0 spiro atoms. The largest absolute Gasteiger partial charge is 0.497 e. The van der Waals surface area contributed by atoms with Gasteiger partial charge >= 0.3 is 6.18 Å². The first-order valence-electron chi connectivity index (χ1n) is 12.3. The van der Waals surface area contributed by atoms with Crippen molar-refractivity contribution >= 4 is 39.6 Å². The molecule has 0 amide bonds. The van der Waals surface area contributed by atoms with Crippen LogP contribution < -0.4 is 9.47 Å². The first-order valence-corrected chi connectivity index (χ1v) is 13.3. The van der Waals surface area contributed by atoms with E-state index in [1.54, 1.807) is 20.3 Å². The number of methoxy groups -OCH3 is 2. The van der Waals surface area contributed by atoms with Crippen LogP contribution in [0.5, 0.6) is 11.5 Å². The highest BCUT2D eigenvalue weighted by molar-refractivity contribution is 8.93. The Morgan fingerprint density at radius 1 is 0.725 bits per heavy atom. The SMILES string of the molecule is Br.COc1ccc(CN(Cc2ccc(OC)cc2)C(=Nc2cccc(C(F)(F)F)c2)SCc2ccccc2)cc1. The third kappa shape index (κ3) is 9.06. The van der Waals surface area contributed by atoms with Gasteiger partial charge in [-0.1, -0.05) is 72.4 Å². The quantitative estimate of drug-likeness (QED) is 0.137. The molecule has 210 valence electrons. The van der Waals surface area contributed by atoms with Gasteiger partial charge < -0.3 is 14.4 Å². The topological polar surface area (TPSA) is 34.1 Å². The summed E-state index contributed by atoms with van der Waals surface area (Å²) in [5, 5.41) is 0.616. The molecule has 4 nitrogen and oxygen atoms in total. The average Bonchev–Trinajstić information content (AvgIpc) is 2.96. The Balaban J connectivity index is 0.00000441. The number of thioether (sulfide) groups is 1. The lowest BCUT2D eigenvalue weighted by molar-refractivity contribution is -0.137. The normalized spacial score (nSPS) is 11.5. The average molecular weight is 632 g/mol. The molecule has 0 atom stereocenters. The van der Waals surface area contributed by atoms with Gasteiger partial charge in [0.25, 0.3) is 0 Å². The summed E-state index contributed by atoms with van der Waals surface area (Å²) in [6, 6.07) is 30.5. The standard InChI is InChI=1S/C31H29F3N2O2S.BrH/c1-37-28-15-11-23(12-16-28)20-36(21-24-13-17-29(38-2)18-14-24)30(39-22-25-7-4-3-5-8-25)35-27-10-6-9-26(19-27)31(32,33)34;/h3-19H,20-22H2,1-2H3;1H.